The molecule has 202 valence electrons. The number of hydrogen-bond acceptors (Lipinski definition) is 5. The molecule has 40 heavy (non-hydrogen) atoms. The van der Waals surface area contributed by atoms with E-state index in [2.05, 4.69) is 39.5 Å². The van der Waals surface area contributed by atoms with Gasteiger partial charge in [0.1, 0.15) is 12.4 Å². The van der Waals surface area contributed by atoms with E-state index in [4.69, 9.17) is 17.3 Å². The summed E-state index contributed by atoms with van der Waals surface area (Å²) in [6, 6.07) is 22.9. The second kappa shape index (κ2) is 9.41. The number of nitrogen functional groups attached to an aromatic ring is 1. The van der Waals surface area contributed by atoms with E-state index in [-0.39, 0.29) is 29.9 Å². The molecule has 3 aromatic carbocycles. The highest BCUT2D eigenvalue weighted by Gasteiger charge is 2.40. The molecule has 2 saturated carbocycles. The zero-order valence-electron chi connectivity index (χ0n) is 22.1. The number of carbonyl (C=O) groups excluding carboxylic acids is 2. The van der Waals surface area contributed by atoms with E-state index >= 15 is 0 Å². The van der Waals surface area contributed by atoms with Crippen molar-refractivity contribution in [2.24, 2.45) is 0 Å². The largest absolute Gasteiger partial charge is 0.397 e. The maximum absolute atomic E-state index is 14.0. The molecule has 8 nitrogen and oxygen atoms in total. The summed E-state index contributed by atoms with van der Waals surface area (Å²) in [6.07, 6.45) is 5.01. The Kier molecular flexibility index (Phi) is 5.82. The van der Waals surface area contributed by atoms with Crippen LogP contribution in [0.15, 0.2) is 66.7 Å². The zero-order chi connectivity index (χ0) is 27.5. The van der Waals surface area contributed by atoms with Crippen molar-refractivity contribution in [3.8, 4) is 16.8 Å². The van der Waals surface area contributed by atoms with Gasteiger partial charge in [-0.15, -0.1) is 0 Å². The van der Waals surface area contributed by atoms with Crippen molar-refractivity contribution in [3.63, 3.8) is 0 Å². The SMILES string of the molecule is Cc1nc2c(n1-c1ccc(Cl)c(N)c1)C(=O)N(c1ccc(-c3ccccc3N(C3CC3)C3CC3)cc1)CC(=O)N2. The van der Waals surface area contributed by atoms with Crippen LogP contribution in [0.1, 0.15) is 42.0 Å². The molecule has 2 amide bonds. The first-order valence-corrected chi connectivity index (χ1v) is 14.0. The van der Waals surface area contributed by atoms with Crippen molar-refractivity contribution < 1.29 is 9.59 Å². The third kappa shape index (κ3) is 4.29. The Hall–Kier alpha value is -4.30. The lowest BCUT2D eigenvalue weighted by Gasteiger charge is -2.27. The van der Waals surface area contributed by atoms with Gasteiger partial charge in [-0.1, -0.05) is 41.9 Å². The van der Waals surface area contributed by atoms with E-state index in [0.29, 0.717) is 40.0 Å². The number of aromatic nitrogens is 2. The van der Waals surface area contributed by atoms with Crippen LogP contribution in [0.4, 0.5) is 22.9 Å². The van der Waals surface area contributed by atoms with Gasteiger partial charge in [-0.2, -0.15) is 0 Å². The molecule has 0 bridgehead atoms. The van der Waals surface area contributed by atoms with Gasteiger partial charge >= 0.3 is 0 Å². The number of nitrogens with zero attached hydrogens (tertiary/aromatic N) is 4. The average molecular weight is 553 g/mol. The quantitative estimate of drug-likeness (QED) is 0.294. The first kappa shape index (κ1) is 24.7. The van der Waals surface area contributed by atoms with Crippen molar-refractivity contribution in [1.29, 1.82) is 0 Å². The van der Waals surface area contributed by atoms with Gasteiger partial charge < -0.3 is 16.0 Å². The Bertz CT molecular complexity index is 1640. The van der Waals surface area contributed by atoms with Crippen molar-refractivity contribution in [1.82, 2.24) is 9.55 Å². The molecule has 4 aromatic rings. The lowest BCUT2D eigenvalue weighted by Crippen LogP contribution is -2.36. The lowest BCUT2D eigenvalue weighted by atomic mass is 10.0. The van der Waals surface area contributed by atoms with E-state index in [1.807, 2.05) is 24.3 Å². The minimum Gasteiger partial charge on any atom is -0.397 e. The fraction of sp³-hybridized carbons (Fsp3) is 0.258. The number of benzene rings is 3. The number of nitrogens with one attached hydrogen (secondary N) is 1. The Morgan fingerprint density at radius 3 is 2.30 bits per heavy atom. The van der Waals surface area contributed by atoms with E-state index < -0.39 is 0 Å². The van der Waals surface area contributed by atoms with Crippen molar-refractivity contribution in [3.05, 3.63) is 83.3 Å². The fourth-order valence-electron chi connectivity index (χ4n) is 5.69. The summed E-state index contributed by atoms with van der Waals surface area (Å²) < 4.78 is 1.71. The molecule has 1 aliphatic heterocycles. The van der Waals surface area contributed by atoms with E-state index in [9.17, 15) is 9.59 Å². The Morgan fingerprint density at radius 2 is 1.62 bits per heavy atom. The van der Waals surface area contributed by atoms with Crippen LogP contribution in [0.3, 0.4) is 0 Å². The highest BCUT2D eigenvalue weighted by molar-refractivity contribution is 6.33. The first-order valence-electron chi connectivity index (χ1n) is 13.6. The summed E-state index contributed by atoms with van der Waals surface area (Å²) in [5.74, 6) is 0.134. The van der Waals surface area contributed by atoms with Gasteiger partial charge in [0, 0.05) is 34.7 Å². The summed E-state index contributed by atoms with van der Waals surface area (Å²) in [5, 5.41) is 3.23. The molecule has 0 unspecified atom stereocenters. The molecular formula is C31H29ClN6O2. The number of halogens is 1. The summed E-state index contributed by atoms with van der Waals surface area (Å²) >= 11 is 6.14. The van der Waals surface area contributed by atoms with Gasteiger partial charge in [-0.25, -0.2) is 4.98 Å². The van der Waals surface area contributed by atoms with Gasteiger partial charge in [-0.05, 0) is 74.6 Å². The van der Waals surface area contributed by atoms with Crippen molar-refractivity contribution >= 4 is 46.3 Å². The topological polar surface area (TPSA) is 96.5 Å². The van der Waals surface area contributed by atoms with Gasteiger partial charge in [-0.3, -0.25) is 19.1 Å². The molecule has 0 radical (unpaired) electrons. The second-order valence-electron chi connectivity index (χ2n) is 10.8. The van der Waals surface area contributed by atoms with Crippen LogP contribution in [-0.2, 0) is 4.79 Å². The van der Waals surface area contributed by atoms with E-state index in [0.717, 1.165) is 5.56 Å². The molecular weight excluding hydrogens is 524 g/mol. The van der Waals surface area contributed by atoms with Gasteiger partial charge in [0.25, 0.3) is 5.91 Å². The number of anilines is 4. The number of carbonyl (C=O) groups is 2. The first-order chi connectivity index (χ1) is 19.4. The molecule has 0 spiro atoms. The van der Waals surface area contributed by atoms with Crippen molar-refractivity contribution in [2.45, 2.75) is 44.7 Å². The number of hydrogen-bond donors (Lipinski definition) is 2. The number of fused-ring (bicyclic) bond motifs is 1. The van der Waals surface area contributed by atoms with E-state index in [1.165, 1.54) is 41.8 Å². The Labute approximate surface area is 237 Å². The molecule has 0 saturated heterocycles. The summed E-state index contributed by atoms with van der Waals surface area (Å²) in [7, 11) is 0. The van der Waals surface area contributed by atoms with Crippen LogP contribution >= 0.6 is 11.6 Å². The maximum atomic E-state index is 14.0. The minimum absolute atomic E-state index is 0.121. The highest BCUT2D eigenvalue weighted by Crippen LogP contribution is 2.44. The van der Waals surface area contributed by atoms with Crippen LogP contribution in [0.25, 0.3) is 16.8 Å². The van der Waals surface area contributed by atoms with Crippen LogP contribution in [-0.4, -0.2) is 40.0 Å². The molecule has 9 heteroatoms. The fourth-order valence-corrected chi connectivity index (χ4v) is 5.80. The molecule has 3 aliphatic rings. The minimum atomic E-state index is -0.329. The predicted molar refractivity (Wildman–Crippen MR) is 158 cm³/mol. The lowest BCUT2D eigenvalue weighted by molar-refractivity contribution is -0.114. The molecule has 2 heterocycles. The zero-order valence-corrected chi connectivity index (χ0v) is 22.9. The molecule has 2 aliphatic carbocycles. The summed E-state index contributed by atoms with van der Waals surface area (Å²) in [4.78, 5) is 35.5. The molecule has 2 fully saturated rings. The number of aryl methyl sites for hydroxylation is 1. The van der Waals surface area contributed by atoms with Crippen LogP contribution in [0, 0.1) is 6.92 Å². The smallest absolute Gasteiger partial charge is 0.279 e. The molecule has 0 atom stereocenters. The van der Waals surface area contributed by atoms with E-state index in [1.54, 1.807) is 29.7 Å². The van der Waals surface area contributed by atoms with Crippen LogP contribution in [0.2, 0.25) is 5.02 Å². The average Bonchev–Trinajstić information content (AvgIpc) is 3.88. The molecule has 3 N–H and O–H groups in total. The number of amides is 2. The van der Waals surface area contributed by atoms with Gasteiger partial charge in [0.15, 0.2) is 11.5 Å². The van der Waals surface area contributed by atoms with Crippen LogP contribution < -0.4 is 20.9 Å². The van der Waals surface area contributed by atoms with Crippen molar-refractivity contribution in [2.75, 3.05) is 27.4 Å². The maximum Gasteiger partial charge on any atom is 0.279 e. The third-order valence-electron chi connectivity index (χ3n) is 7.84. The highest BCUT2D eigenvalue weighted by atomic mass is 35.5. The Morgan fingerprint density at radius 1 is 0.950 bits per heavy atom. The monoisotopic (exact) mass is 552 g/mol. The number of para-hydroxylation sites is 1. The van der Waals surface area contributed by atoms with Gasteiger partial charge in [0.2, 0.25) is 5.91 Å². The standard InChI is InChI=1S/C31H29ClN6O2/c1-18-34-30-29(37(18)23-14-15-25(32)26(33)16-23)31(40)36(17-28(39)35-30)20-8-6-19(7-9-20)24-4-2-3-5-27(24)38(21-10-11-21)22-12-13-22/h2-9,14-16,21-22H,10-13,17,33H2,1H3,(H,35,39). The number of nitrogens with two attached hydrogens (primary N) is 1. The molecule has 7 rings (SSSR count). The summed E-state index contributed by atoms with van der Waals surface area (Å²) in [6.45, 7) is 1.66. The van der Waals surface area contributed by atoms with Crippen LogP contribution in [0.5, 0.6) is 0 Å². The predicted octanol–water partition coefficient (Wildman–Crippen LogP) is 5.81. The molecule has 1 aromatic heterocycles. The number of imidazole rings is 1. The third-order valence-corrected chi connectivity index (χ3v) is 8.19. The summed E-state index contributed by atoms with van der Waals surface area (Å²) in [5.41, 5.74) is 11.5. The van der Waals surface area contributed by atoms with Gasteiger partial charge in [0.05, 0.1) is 10.7 Å². The normalized spacial score (nSPS) is 16.9. The number of rotatable bonds is 6. The Balaban J connectivity index is 1.25. The second-order valence-corrected chi connectivity index (χ2v) is 11.2.